The molecule has 26 heavy (non-hydrogen) atoms. The summed E-state index contributed by atoms with van der Waals surface area (Å²) in [6.45, 7) is 5.61. The number of hydrogen-bond acceptors (Lipinski definition) is 7. The number of thiophene rings is 1. The quantitative estimate of drug-likeness (QED) is 0.599. The molecular weight excluding hydrogens is 372 g/mol. The fourth-order valence-electron chi connectivity index (χ4n) is 2.83. The van der Waals surface area contributed by atoms with E-state index in [4.69, 9.17) is 4.74 Å². The van der Waals surface area contributed by atoms with Crippen molar-refractivity contribution in [2.75, 3.05) is 11.9 Å². The molecule has 0 aromatic carbocycles. The van der Waals surface area contributed by atoms with Gasteiger partial charge in [-0.3, -0.25) is 10.1 Å². The molecule has 2 aromatic heterocycles. The molecule has 0 saturated carbocycles. The van der Waals surface area contributed by atoms with Crippen LogP contribution < -0.4 is 10.7 Å². The summed E-state index contributed by atoms with van der Waals surface area (Å²) in [6.07, 6.45) is 2.73. The zero-order valence-electron chi connectivity index (χ0n) is 14.8. The van der Waals surface area contributed by atoms with E-state index in [1.165, 1.54) is 28.2 Å². The lowest BCUT2D eigenvalue weighted by Gasteiger charge is -2.06. The lowest BCUT2D eigenvalue weighted by Crippen LogP contribution is -2.19. The van der Waals surface area contributed by atoms with Crippen molar-refractivity contribution < 1.29 is 14.3 Å². The van der Waals surface area contributed by atoms with Crippen LogP contribution in [0.3, 0.4) is 0 Å². The summed E-state index contributed by atoms with van der Waals surface area (Å²) in [5, 5.41) is 7.41. The van der Waals surface area contributed by atoms with Crippen molar-refractivity contribution in [2.45, 2.75) is 40.0 Å². The standard InChI is InChI=1S/C17H20N4O3S2/c1-4-24-17(23)18-16-14(10(3)21-26-16)9(2)19-20-15(22)13-8-11-6-5-7-12(11)25-13/h8H,4-7H2,1-3H3,(H,18,23)(H,20,22)/b19-9+. The highest BCUT2D eigenvalue weighted by atomic mass is 32.1. The van der Waals surface area contributed by atoms with Crippen LogP contribution in [0.5, 0.6) is 0 Å². The molecule has 7 nitrogen and oxygen atoms in total. The first-order valence-corrected chi connectivity index (χ1v) is 9.95. The highest BCUT2D eigenvalue weighted by molar-refractivity contribution is 7.14. The van der Waals surface area contributed by atoms with Crippen LogP contribution in [0.1, 0.15) is 51.6 Å². The van der Waals surface area contributed by atoms with Gasteiger partial charge < -0.3 is 4.74 Å². The fraction of sp³-hybridized carbons (Fsp3) is 0.412. The molecule has 9 heteroatoms. The smallest absolute Gasteiger partial charge is 0.412 e. The molecule has 138 valence electrons. The Balaban J connectivity index is 1.72. The minimum atomic E-state index is -0.540. The number of nitrogens with zero attached hydrogens (tertiary/aromatic N) is 2. The summed E-state index contributed by atoms with van der Waals surface area (Å²) in [7, 11) is 0. The van der Waals surface area contributed by atoms with Crippen LogP contribution in [-0.4, -0.2) is 28.7 Å². The van der Waals surface area contributed by atoms with Crippen LogP contribution >= 0.6 is 22.9 Å². The molecule has 0 spiro atoms. The van der Waals surface area contributed by atoms with Crippen molar-refractivity contribution in [3.8, 4) is 0 Å². The molecule has 0 radical (unpaired) electrons. The maximum absolute atomic E-state index is 12.3. The predicted molar refractivity (Wildman–Crippen MR) is 104 cm³/mol. The number of aryl methyl sites for hydroxylation is 3. The third-order valence-corrected chi connectivity index (χ3v) is 6.10. The summed E-state index contributed by atoms with van der Waals surface area (Å²) >= 11 is 2.69. The number of carbonyl (C=O) groups excluding carboxylic acids is 2. The molecule has 0 atom stereocenters. The summed E-state index contributed by atoms with van der Waals surface area (Å²) in [5.74, 6) is -0.218. The van der Waals surface area contributed by atoms with Crippen molar-refractivity contribution >= 4 is 45.6 Å². The van der Waals surface area contributed by atoms with Crippen LogP contribution in [0.4, 0.5) is 9.80 Å². The number of amides is 2. The van der Waals surface area contributed by atoms with Gasteiger partial charge in [0.15, 0.2) is 0 Å². The van der Waals surface area contributed by atoms with Gasteiger partial charge in [-0.2, -0.15) is 9.47 Å². The van der Waals surface area contributed by atoms with Gasteiger partial charge in [0.05, 0.1) is 28.5 Å². The molecule has 2 aromatic rings. The Hall–Kier alpha value is -2.26. The number of ether oxygens (including phenoxy) is 1. The Morgan fingerprint density at radius 1 is 1.38 bits per heavy atom. The van der Waals surface area contributed by atoms with E-state index < -0.39 is 6.09 Å². The highest BCUT2D eigenvalue weighted by Crippen LogP contribution is 2.30. The third-order valence-electron chi connectivity index (χ3n) is 4.01. The van der Waals surface area contributed by atoms with Gasteiger partial charge in [0.1, 0.15) is 5.00 Å². The highest BCUT2D eigenvalue weighted by Gasteiger charge is 2.19. The van der Waals surface area contributed by atoms with Gasteiger partial charge in [-0.25, -0.2) is 10.2 Å². The molecule has 2 amide bonds. The zero-order chi connectivity index (χ0) is 18.7. The van der Waals surface area contributed by atoms with Crippen molar-refractivity contribution in [3.63, 3.8) is 0 Å². The Bertz CT molecular complexity index is 848. The number of aromatic nitrogens is 1. The van der Waals surface area contributed by atoms with Gasteiger partial charge in [-0.1, -0.05) is 0 Å². The maximum atomic E-state index is 12.3. The number of anilines is 1. The molecule has 1 aliphatic carbocycles. The van der Waals surface area contributed by atoms with Gasteiger partial charge in [0, 0.05) is 4.88 Å². The molecule has 3 rings (SSSR count). The lowest BCUT2D eigenvalue weighted by atomic mass is 10.2. The number of carbonyl (C=O) groups is 2. The summed E-state index contributed by atoms with van der Waals surface area (Å²) < 4.78 is 9.15. The molecule has 0 fully saturated rings. The number of hydrazone groups is 1. The van der Waals surface area contributed by atoms with Gasteiger partial charge in [0.25, 0.3) is 5.91 Å². The van der Waals surface area contributed by atoms with Gasteiger partial charge in [-0.05, 0) is 63.2 Å². The first-order chi connectivity index (χ1) is 12.5. The van der Waals surface area contributed by atoms with Crippen LogP contribution in [0.2, 0.25) is 0 Å². The van der Waals surface area contributed by atoms with Crippen molar-refractivity contribution in [1.82, 2.24) is 9.80 Å². The van der Waals surface area contributed by atoms with Gasteiger partial charge in [0.2, 0.25) is 0 Å². The molecule has 2 heterocycles. The molecule has 2 N–H and O–H groups in total. The second-order valence-electron chi connectivity index (χ2n) is 5.87. The Morgan fingerprint density at radius 3 is 2.92 bits per heavy atom. The van der Waals surface area contributed by atoms with Crippen molar-refractivity contribution in [1.29, 1.82) is 0 Å². The van der Waals surface area contributed by atoms with Gasteiger partial charge >= 0.3 is 6.09 Å². The number of fused-ring (bicyclic) bond motifs is 1. The first-order valence-electron chi connectivity index (χ1n) is 8.36. The predicted octanol–water partition coefficient (Wildman–Crippen LogP) is 3.72. The van der Waals surface area contributed by atoms with Gasteiger partial charge in [-0.15, -0.1) is 11.3 Å². The normalized spacial score (nSPS) is 13.4. The van der Waals surface area contributed by atoms with Crippen LogP contribution in [0, 0.1) is 6.92 Å². The van der Waals surface area contributed by atoms with Crippen molar-refractivity contribution in [3.05, 3.63) is 32.6 Å². The third kappa shape index (κ3) is 3.94. The topological polar surface area (TPSA) is 92.7 Å². The average Bonchev–Trinajstić information content (AvgIpc) is 3.27. The van der Waals surface area contributed by atoms with E-state index in [9.17, 15) is 9.59 Å². The van der Waals surface area contributed by atoms with Crippen LogP contribution in [0.25, 0.3) is 0 Å². The zero-order valence-corrected chi connectivity index (χ0v) is 16.5. The molecule has 1 aliphatic rings. The second-order valence-corrected chi connectivity index (χ2v) is 7.78. The van der Waals surface area contributed by atoms with E-state index in [1.54, 1.807) is 13.8 Å². The number of rotatable bonds is 5. The van der Waals surface area contributed by atoms with E-state index in [2.05, 4.69) is 20.2 Å². The minimum Gasteiger partial charge on any atom is -0.450 e. The van der Waals surface area contributed by atoms with E-state index in [0.29, 0.717) is 21.2 Å². The summed E-state index contributed by atoms with van der Waals surface area (Å²) in [4.78, 5) is 26.0. The van der Waals surface area contributed by atoms with Crippen LogP contribution in [-0.2, 0) is 17.6 Å². The lowest BCUT2D eigenvalue weighted by molar-refractivity contribution is 0.0958. The average molecular weight is 393 g/mol. The SMILES string of the molecule is CCOC(=O)Nc1snc(C)c1/C(C)=N/NC(=O)c1cc2c(s1)CCC2. The molecule has 0 bridgehead atoms. The van der Waals surface area contributed by atoms with E-state index >= 15 is 0 Å². The first kappa shape index (κ1) is 18.5. The van der Waals surface area contributed by atoms with E-state index in [-0.39, 0.29) is 12.5 Å². The summed E-state index contributed by atoms with van der Waals surface area (Å²) in [5.41, 5.74) is 5.87. The number of nitrogens with one attached hydrogen (secondary N) is 2. The van der Waals surface area contributed by atoms with E-state index in [0.717, 1.165) is 30.1 Å². The minimum absolute atomic E-state index is 0.218. The largest absolute Gasteiger partial charge is 0.450 e. The van der Waals surface area contributed by atoms with E-state index in [1.807, 2.05) is 13.0 Å². The monoisotopic (exact) mass is 392 g/mol. The Kier molecular flexibility index (Phi) is 5.67. The molecular formula is C17H20N4O3S2. The molecule has 0 aliphatic heterocycles. The van der Waals surface area contributed by atoms with Crippen LogP contribution in [0.15, 0.2) is 11.2 Å². The number of hydrogen-bond donors (Lipinski definition) is 2. The second kappa shape index (κ2) is 7.96. The molecule has 0 unspecified atom stereocenters. The maximum Gasteiger partial charge on any atom is 0.412 e. The Morgan fingerprint density at radius 2 is 2.19 bits per heavy atom. The Labute approximate surface area is 159 Å². The summed E-state index contributed by atoms with van der Waals surface area (Å²) in [6, 6.07) is 1.96. The molecule has 0 saturated heterocycles. The fourth-order valence-corrected chi connectivity index (χ4v) is 4.81. The van der Waals surface area contributed by atoms with Crippen molar-refractivity contribution in [2.24, 2.45) is 5.10 Å².